The van der Waals surface area contributed by atoms with E-state index in [1.807, 2.05) is 13.8 Å². The van der Waals surface area contributed by atoms with Crippen LogP contribution in [-0.2, 0) is 6.42 Å². The standard InChI is InChI=1S/C16H23F2NO/c1-11(2)12-9-15(17)14(16(18)10-12)5-8-19-6-3-13(20)4-7-19/h9-11,13,20H,3-8H2,1-2H3. The van der Waals surface area contributed by atoms with Gasteiger partial charge >= 0.3 is 0 Å². The van der Waals surface area contributed by atoms with Gasteiger partial charge in [0.15, 0.2) is 0 Å². The van der Waals surface area contributed by atoms with Crippen LogP contribution < -0.4 is 0 Å². The summed E-state index contributed by atoms with van der Waals surface area (Å²) >= 11 is 0. The molecule has 1 aliphatic rings. The van der Waals surface area contributed by atoms with E-state index < -0.39 is 11.6 Å². The summed E-state index contributed by atoms with van der Waals surface area (Å²) in [6.45, 7) is 6.09. The molecule has 1 aromatic carbocycles. The Morgan fingerprint density at radius 1 is 1.20 bits per heavy atom. The number of likely N-dealkylation sites (tertiary alicyclic amines) is 1. The van der Waals surface area contributed by atoms with Crippen LogP contribution in [0.25, 0.3) is 0 Å². The summed E-state index contributed by atoms with van der Waals surface area (Å²) in [5, 5.41) is 9.44. The van der Waals surface area contributed by atoms with E-state index in [9.17, 15) is 13.9 Å². The third kappa shape index (κ3) is 3.76. The summed E-state index contributed by atoms with van der Waals surface area (Å²) < 4.78 is 28.0. The van der Waals surface area contributed by atoms with Crippen molar-refractivity contribution in [2.45, 2.75) is 45.1 Å². The molecule has 1 aromatic rings. The van der Waals surface area contributed by atoms with Gasteiger partial charge < -0.3 is 10.0 Å². The van der Waals surface area contributed by atoms with Crippen LogP contribution in [0.3, 0.4) is 0 Å². The molecule has 2 nitrogen and oxygen atoms in total. The van der Waals surface area contributed by atoms with Crippen LogP contribution in [0.1, 0.15) is 43.7 Å². The first kappa shape index (κ1) is 15.4. The fraction of sp³-hybridized carbons (Fsp3) is 0.625. The van der Waals surface area contributed by atoms with Gasteiger partial charge in [-0.2, -0.15) is 0 Å². The normalized spacial score (nSPS) is 17.9. The van der Waals surface area contributed by atoms with Crippen LogP contribution in [0.2, 0.25) is 0 Å². The van der Waals surface area contributed by atoms with Gasteiger partial charge in [-0.3, -0.25) is 0 Å². The zero-order chi connectivity index (χ0) is 14.7. The van der Waals surface area contributed by atoms with Crippen molar-refractivity contribution in [2.24, 2.45) is 0 Å². The van der Waals surface area contributed by atoms with Gasteiger partial charge in [0.25, 0.3) is 0 Å². The van der Waals surface area contributed by atoms with Crippen molar-refractivity contribution >= 4 is 0 Å². The molecule has 0 spiro atoms. The molecule has 1 N–H and O–H groups in total. The average Bonchev–Trinajstić information content (AvgIpc) is 2.39. The van der Waals surface area contributed by atoms with Gasteiger partial charge in [0, 0.05) is 25.2 Å². The molecule has 4 heteroatoms. The van der Waals surface area contributed by atoms with Crippen molar-refractivity contribution < 1.29 is 13.9 Å². The Morgan fingerprint density at radius 2 is 1.75 bits per heavy atom. The molecule has 112 valence electrons. The molecule has 1 aliphatic heterocycles. The highest BCUT2D eigenvalue weighted by atomic mass is 19.1. The Hall–Kier alpha value is -1.00. The SMILES string of the molecule is CC(C)c1cc(F)c(CCN2CCC(O)CC2)c(F)c1. The van der Waals surface area contributed by atoms with Gasteiger partial charge in [0.2, 0.25) is 0 Å². The summed E-state index contributed by atoms with van der Waals surface area (Å²) in [7, 11) is 0. The van der Waals surface area contributed by atoms with Gasteiger partial charge in [0.05, 0.1) is 6.10 Å². The molecule has 1 heterocycles. The number of hydrogen-bond acceptors (Lipinski definition) is 2. The molecule has 0 radical (unpaired) electrons. The lowest BCUT2D eigenvalue weighted by molar-refractivity contribution is 0.0829. The average molecular weight is 283 g/mol. The minimum atomic E-state index is -0.439. The number of piperidine rings is 1. The van der Waals surface area contributed by atoms with Crippen LogP contribution in [0, 0.1) is 11.6 Å². The van der Waals surface area contributed by atoms with E-state index in [0.29, 0.717) is 18.5 Å². The Balaban J connectivity index is 1.99. The van der Waals surface area contributed by atoms with Crippen molar-refractivity contribution in [3.63, 3.8) is 0 Å². The van der Waals surface area contributed by atoms with Gasteiger partial charge in [-0.1, -0.05) is 13.8 Å². The molecular weight excluding hydrogens is 260 g/mol. The number of aliphatic hydroxyl groups is 1. The van der Waals surface area contributed by atoms with E-state index >= 15 is 0 Å². The molecular formula is C16H23F2NO. The number of rotatable bonds is 4. The van der Waals surface area contributed by atoms with Crippen LogP contribution >= 0.6 is 0 Å². The van der Waals surface area contributed by atoms with Crippen LogP contribution in [0.15, 0.2) is 12.1 Å². The minimum Gasteiger partial charge on any atom is -0.393 e. The maximum Gasteiger partial charge on any atom is 0.129 e. The Labute approximate surface area is 119 Å². The molecule has 0 unspecified atom stereocenters. The second-order valence-electron chi connectivity index (χ2n) is 5.94. The van der Waals surface area contributed by atoms with Crippen LogP contribution in [0.5, 0.6) is 0 Å². The summed E-state index contributed by atoms with van der Waals surface area (Å²) in [5.74, 6) is -0.756. The van der Waals surface area contributed by atoms with Crippen molar-refractivity contribution in [2.75, 3.05) is 19.6 Å². The van der Waals surface area contributed by atoms with Gasteiger partial charge in [0.1, 0.15) is 11.6 Å². The van der Waals surface area contributed by atoms with Crippen molar-refractivity contribution in [1.29, 1.82) is 0 Å². The lowest BCUT2D eigenvalue weighted by Crippen LogP contribution is -2.37. The maximum absolute atomic E-state index is 14.0. The fourth-order valence-corrected chi connectivity index (χ4v) is 2.61. The zero-order valence-electron chi connectivity index (χ0n) is 12.2. The number of benzene rings is 1. The second kappa shape index (κ2) is 6.64. The number of aliphatic hydroxyl groups excluding tert-OH is 1. The molecule has 0 amide bonds. The van der Waals surface area contributed by atoms with E-state index in [1.54, 1.807) is 0 Å². The largest absolute Gasteiger partial charge is 0.393 e. The van der Waals surface area contributed by atoms with Gasteiger partial charge in [-0.25, -0.2) is 8.78 Å². The Morgan fingerprint density at radius 3 is 2.25 bits per heavy atom. The third-order valence-electron chi connectivity index (χ3n) is 4.07. The second-order valence-corrected chi connectivity index (χ2v) is 5.94. The first-order chi connectivity index (χ1) is 9.47. The molecule has 2 rings (SSSR count). The summed E-state index contributed by atoms with van der Waals surface area (Å²) in [6, 6.07) is 2.89. The summed E-state index contributed by atoms with van der Waals surface area (Å²) in [6.07, 6.45) is 1.66. The van der Waals surface area contributed by atoms with Crippen molar-refractivity contribution in [3.8, 4) is 0 Å². The molecule has 0 aliphatic carbocycles. The number of nitrogens with zero attached hydrogens (tertiary/aromatic N) is 1. The first-order valence-electron chi connectivity index (χ1n) is 7.35. The smallest absolute Gasteiger partial charge is 0.129 e. The zero-order valence-corrected chi connectivity index (χ0v) is 12.2. The summed E-state index contributed by atoms with van der Waals surface area (Å²) in [4.78, 5) is 2.15. The maximum atomic E-state index is 14.0. The molecule has 1 saturated heterocycles. The molecule has 1 fully saturated rings. The fourth-order valence-electron chi connectivity index (χ4n) is 2.61. The van der Waals surface area contributed by atoms with E-state index in [4.69, 9.17) is 0 Å². The number of halogens is 2. The molecule has 0 saturated carbocycles. The van der Waals surface area contributed by atoms with Crippen molar-refractivity contribution in [1.82, 2.24) is 4.90 Å². The van der Waals surface area contributed by atoms with Crippen LogP contribution in [0.4, 0.5) is 8.78 Å². The van der Waals surface area contributed by atoms with Gasteiger partial charge in [-0.15, -0.1) is 0 Å². The molecule has 0 atom stereocenters. The predicted molar refractivity (Wildman–Crippen MR) is 75.8 cm³/mol. The van der Waals surface area contributed by atoms with E-state index in [-0.39, 0.29) is 17.6 Å². The van der Waals surface area contributed by atoms with E-state index in [0.717, 1.165) is 25.9 Å². The minimum absolute atomic E-state index is 0.122. The van der Waals surface area contributed by atoms with E-state index in [2.05, 4.69) is 4.90 Å². The van der Waals surface area contributed by atoms with Gasteiger partial charge in [-0.05, 0) is 42.9 Å². The molecule has 20 heavy (non-hydrogen) atoms. The quantitative estimate of drug-likeness (QED) is 0.918. The highest BCUT2D eigenvalue weighted by Crippen LogP contribution is 2.22. The summed E-state index contributed by atoms with van der Waals surface area (Å²) in [5.41, 5.74) is 0.880. The highest BCUT2D eigenvalue weighted by Gasteiger charge is 2.18. The lowest BCUT2D eigenvalue weighted by atomic mass is 9.99. The molecule has 0 aromatic heterocycles. The first-order valence-corrected chi connectivity index (χ1v) is 7.35. The third-order valence-corrected chi connectivity index (χ3v) is 4.07. The Bertz CT molecular complexity index is 431. The van der Waals surface area contributed by atoms with Crippen LogP contribution in [-0.4, -0.2) is 35.7 Å². The molecule has 0 bridgehead atoms. The predicted octanol–water partition coefficient (Wildman–Crippen LogP) is 3.09. The number of hydrogen-bond donors (Lipinski definition) is 1. The lowest BCUT2D eigenvalue weighted by Gasteiger charge is -2.29. The monoisotopic (exact) mass is 283 g/mol. The highest BCUT2D eigenvalue weighted by molar-refractivity contribution is 5.28. The van der Waals surface area contributed by atoms with Crippen molar-refractivity contribution in [3.05, 3.63) is 34.9 Å². The topological polar surface area (TPSA) is 23.5 Å². The van der Waals surface area contributed by atoms with E-state index in [1.165, 1.54) is 12.1 Å². The Kier molecular flexibility index (Phi) is 5.11.